The highest BCUT2D eigenvalue weighted by Crippen LogP contribution is 2.11. The maximum absolute atomic E-state index is 4.18. The van der Waals surface area contributed by atoms with Gasteiger partial charge in [0.25, 0.3) is 0 Å². The second kappa shape index (κ2) is 67.9. The van der Waals surface area contributed by atoms with E-state index in [1.165, 1.54) is 16.2 Å². The quantitative estimate of drug-likeness (QED) is 0.150. The average molecular weight is 902 g/mol. The average Bonchev–Trinajstić information content (AvgIpc) is 3.43. The van der Waals surface area contributed by atoms with E-state index in [9.17, 15) is 0 Å². The molecular weight excluding hydrogens is 807 g/mol. The summed E-state index contributed by atoms with van der Waals surface area (Å²) in [6, 6.07) is 48.3. The van der Waals surface area contributed by atoms with Crippen LogP contribution in [-0.2, 0) is 0 Å². The lowest BCUT2D eigenvalue weighted by atomic mass is 10.1. The van der Waals surface area contributed by atoms with Gasteiger partial charge in [-0.15, -0.1) is 0 Å². The molecule has 0 aliphatic heterocycles. The summed E-state index contributed by atoms with van der Waals surface area (Å²) in [6.07, 6.45) is 8.76. The van der Waals surface area contributed by atoms with Crippen LogP contribution in [0.5, 0.6) is 0 Å². The number of benzene rings is 4. The fourth-order valence-corrected chi connectivity index (χ4v) is 4.00. The summed E-state index contributed by atoms with van der Waals surface area (Å²) in [5.41, 5.74) is 1.06. The number of rotatable bonds is 0. The maximum Gasteiger partial charge on any atom is 0.129 e. The molecule has 0 N–H and O–H groups in total. The van der Waals surface area contributed by atoms with Gasteiger partial charge in [0.15, 0.2) is 0 Å². The molecule has 0 saturated carbocycles. The van der Waals surface area contributed by atoms with Crippen LogP contribution in [0.4, 0.5) is 0 Å². The monoisotopic (exact) mass is 902 g/mol. The Morgan fingerprint density at radius 1 is 0.227 bits per heavy atom. The molecule has 0 radical (unpaired) electrons. The van der Waals surface area contributed by atoms with Crippen molar-refractivity contribution in [1.82, 2.24) is 34.9 Å². The fourth-order valence-electron chi connectivity index (χ4n) is 4.00. The summed E-state index contributed by atoms with van der Waals surface area (Å²) >= 11 is 0. The lowest BCUT2D eigenvalue weighted by Gasteiger charge is -1.94. The van der Waals surface area contributed by atoms with Crippen LogP contribution < -0.4 is 0 Å². The third kappa shape index (κ3) is 48.8. The first-order chi connectivity index (χ1) is 32.5. The predicted molar refractivity (Wildman–Crippen MR) is 299 cm³/mol. The summed E-state index contributed by atoms with van der Waals surface area (Å²) in [7, 11) is 0. The van der Waals surface area contributed by atoms with Gasteiger partial charge in [0.1, 0.15) is 23.3 Å². The van der Waals surface area contributed by atoms with Crippen LogP contribution in [0, 0.1) is 27.7 Å². The Hall–Kier alpha value is -6.21. The number of fused-ring (bicyclic) bond motifs is 2. The van der Waals surface area contributed by atoms with Crippen molar-refractivity contribution in [2.24, 2.45) is 0 Å². The van der Waals surface area contributed by atoms with Gasteiger partial charge in [0.05, 0.1) is 5.52 Å². The van der Waals surface area contributed by atoms with Crippen LogP contribution in [0.3, 0.4) is 0 Å². The highest BCUT2D eigenvalue weighted by atomic mass is 15.0. The zero-order valence-electron chi connectivity index (χ0n) is 45.9. The number of aryl methyl sites for hydroxylation is 4. The first-order valence-electron chi connectivity index (χ1n) is 24.5. The molecule has 0 aliphatic carbocycles. The zero-order chi connectivity index (χ0) is 52.1. The second-order valence-corrected chi connectivity index (χ2v) is 10.00. The molecule has 0 amide bonds. The van der Waals surface area contributed by atoms with Gasteiger partial charge in [-0.25, -0.2) is 24.9 Å². The Balaban J connectivity index is -0.000000119. The zero-order valence-corrected chi connectivity index (χ0v) is 45.9. The highest BCUT2D eigenvalue weighted by molar-refractivity contribution is 5.82. The van der Waals surface area contributed by atoms with Gasteiger partial charge in [-0.05, 0) is 68.8 Å². The predicted octanol–water partition coefficient (Wildman–Crippen LogP) is 18.7. The number of aromatic nitrogens is 7. The third-order valence-corrected chi connectivity index (χ3v) is 6.07. The molecule has 4 heterocycles. The summed E-state index contributed by atoms with van der Waals surface area (Å²) < 4.78 is 0. The molecule has 0 unspecified atom stereocenters. The first-order valence-corrected chi connectivity index (χ1v) is 24.5. The van der Waals surface area contributed by atoms with E-state index in [4.69, 9.17) is 0 Å². The number of hydrogen-bond donors (Lipinski definition) is 0. The van der Waals surface area contributed by atoms with E-state index >= 15 is 0 Å². The van der Waals surface area contributed by atoms with Crippen LogP contribution in [-0.4, -0.2) is 34.9 Å². The lowest BCUT2D eigenvalue weighted by molar-refractivity contribution is 0.875. The minimum absolute atomic E-state index is 0.792. The van der Waals surface area contributed by atoms with Crippen molar-refractivity contribution in [3.05, 3.63) is 200 Å². The van der Waals surface area contributed by atoms with Gasteiger partial charge < -0.3 is 0 Å². The van der Waals surface area contributed by atoms with Crippen molar-refractivity contribution < 1.29 is 0 Å². The Morgan fingerprint density at radius 3 is 0.758 bits per heavy atom. The summed E-state index contributed by atoms with van der Waals surface area (Å²) in [6.45, 7) is 43.4. The Kier molecular flexibility index (Phi) is 76.2. The largest absolute Gasteiger partial charge is 0.265 e. The summed E-state index contributed by atoms with van der Waals surface area (Å²) in [5, 5.41) is 3.82. The van der Waals surface area contributed by atoms with Crippen molar-refractivity contribution in [3.8, 4) is 0 Å². The minimum atomic E-state index is 0.792. The molecule has 4 aromatic heterocycles. The van der Waals surface area contributed by atoms with E-state index in [0.29, 0.717) is 0 Å². The smallest absolute Gasteiger partial charge is 0.129 e. The van der Waals surface area contributed by atoms with E-state index in [1.54, 1.807) is 30.9 Å². The minimum Gasteiger partial charge on any atom is -0.265 e. The molecule has 0 aliphatic rings. The van der Waals surface area contributed by atoms with Gasteiger partial charge in [-0.2, -0.15) is 0 Å². The van der Waals surface area contributed by atoms with Crippen molar-refractivity contribution in [1.29, 1.82) is 0 Å². The van der Waals surface area contributed by atoms with Gasteiger partial charge in [-0.1, -0.05) is 240 Å². The molecular formula is C59H95N7. The fraction of sp³-hybridized carbons (Fsp3) is 0.373. The number of nitrogens with zero attached hydrogens (tertiary/aromatic N) is 7. The molecule has 66 heavy (non-hydrogen) atoms. The Bertz CT molecular complexity index is 1640. The molecule has 7 nitrogen and oxygen atoms in total. The van der Waals surface area contributed by atoms with E-state index in [1.807, 2.05) is 237 Å². The molecule has 0 fully saturated rings. The molecule has 8 rings (SSSR count). The van der Waals surface area contributed by atoms with Gasteiger partial charge in [-0.3, -0.25) is 9.97 Å². The standard InChI is InChI=1S/C10H8.C9H7N.C6H9N3.C6H6.C5H6N2.C5H5N.9C2H6/c1-2-6-10-8-4-3-7-9(10)5-1;1-2-6-9-8(4-1)5-3-7-10-9;1-4-7-5(2)9-6(3)8-4;1-2-4-6-5-3-1;1-5-6-3-2-4-7-5;1-2-4-6-5-3-1;9*1-2/h1-8H;1-7H;1-3H3;1-6H;2-4H,1H3;1-5H;9*1-2H3. The second-order valence-electron chi connectivity index (χ2n) is 10.00. The Labute approximate surface area is 407 Å². The van der Waals surface area contributed by atoms with Crippen LogP contribution in [0.2, 0.25) is 0 Å². The number of para-hydroxylation sites is 1. The van der Waals surface area contributed by atoms with Crippen molar-refractivity contribution in [2.75, 3.05) is 0 Å². The van der Waals surface area contributed by atoms with Crippen molar-refractivity contribution in [3.63, 3.8) is 0 Å². The van der Waals surface area contributed by atoms with Crippen LogP contribution in [0.1, 0.15) is 148 Å². The molecule has 0 bridgehead atoms. The van der Waals surface area contributed by atoms with Crippen LogP contribution in [0.25, 0.3) is 21.7 Å². The SMILES string of the molecule is CC.CC.CC.CC.CC.CC.CC.CC.CC.Cc1nc(C)nc(C)n1.Cc1ncccn1.c1ccc2ccccc2c1.c1ccc2ncccc2c1.c1ccccc1.c1ccncc1. The molecule has 0 saturated heterocycles. The molecule has 366 valence electrons. The van der Waals surface area contributed by atoms with Crippen molar-refractivity contribution in [2.45, 2.75) is 152 Å². The van der Waals surface area contributed by atoms with E-state index in [2.05, 4.69) is 95.6 Å². The third-order valence-electron chi connectivity index (χ3n) is 6.07. The van der Waals surface area contributed by atoms with E-state index in [-0.39, 0.29) is 0 Å². The van der Waals surface area contributed by atoms with E-state index < -0.39 is 0 Å². The molecule has 0 atom stereocenters. The summed E-state index contributed by atoms with van der Waals surface area (Å²) in [5.74, 6) is 3.20. The Morgan fingerprint density at radius 2 is 0.500 bits per heavy atom. The van der Waals surface area contributed by atoms with Crippen LogP contribution >= 0.6 is 0 Å². The summed E-state index contributed by atoms with van der Waals surface area (Å²) in [4.78, 5) is 27.7. The topological polar surface area (TPSA) is 90.2 Å². The van der Waals surface area contributed by atoms with Gasteiger partial charge in [0, 0.05) is 36.4 Å². The normalized spacial score (nSPS) is 7.55. The lowest BCUT2D eigenvalue weighted by Crippen LogP contribution is -1.97. The number of pyridine rings is 2. The molecule has 8 aromatic rings. The van der Waals surface area contributed by atoms with Gasteiger partial charge in [0.2, 0.25) is 0 Å². The molecule has 0 spiro atoms. The van der Waals surface area contributed by atoms with Crippen molar-refractivity contribution >= 4 is 21.7 Å². The van der Waals surface area contributed by atoms with E-state index in [0.717, 1.165) is 28.8 Å². The maximum atomic E-state index is 4.18. The first kappa shape index (κ1) is 74.2. The number of hydrogen-bond acceptors (Lipinski definition) is 7. The highest BCUT2D eigenvalue weighted by Gasteiger charge is 1.92. The van der Waals surface area contributed by atoms with Crippen LogP contribution in [0.15, 0.2) is 177 Å². The molecule has 7 heteroatoms. The van der Waals surface area contributed by atoms with Gasteiger partial charge >= 0.3 is 0 Å². The molecule has 4 aromatic carbocycles.